The highest BCUT2D eigenvalue weighted by Gasteiger charge is 2.26. The molecule has 8 nitrogen and oxygen atoms in total. The van der Waals surface area contributed by atoms with E-state index in [9.17, 15) is 4.79 Å². The predicted molar refractivity (Wildman–Crippen MR) is 96.5 cm³/mol. The van der Waals surface area contributed by atoms with Crippen molar-refractivity contribution in [2.75, 3.05) is 43.2 Å². The number of piperazine rings is 1. The van der Waals surface area contributed by atoms with Crippen molar-refractivity contribution in [2.24, 2.45) is 0 Å². The molecule has 3 heterocycles. The lowest BCUT2D eigenvalue weighted by Crippen LogP contribution is -2.53. The van der Waals surface area contributed by atoms with Gasteiger partial charge in [-0.1, -0.05) is 0 Å². The number of carbonyl (C=O) groups excluding carboxylic acids is 1. The molecule has 1 aromatic carbocycles. The fourth-order valence-corrected chi connectivity index (χ4v) is 3.15. The van der Waals surface area contributed by atoms with Crippen molar-refractivity contribution in [3.05, 3.63) is 36.7 Å². The third kappa shape index (κ3) is 3.41. The summed E-state index contributed by atoms with van der Waals surface area (Å²) in [6.07, 6.45) is 3.49. The van der Waals surface area contributed by atoms with Crippen LogP contribution in [0.25, 0.3) is 0 Å². The molecule has 0 unspecified atom stereocenters. The van der Waals surface area contributed by atoms with Crippen LogP contribution >= 0.6 is 0 Å². The number of nitrogens with zero attached hydrogens (tertiary/aromatic N) is 4. The van der Waals surface area contributed by atoms with Crippen LogP contribution in [0.3, 0.4) is 0 Å². The van der Waals surface area contributed by atoms with Gasteiger partial charge in [-0.25, -0.2) is 9.97 Å². The lowest BCUT2D eigenvalue weighted by Gasteiger charge is -2.37. The summed E-state index contributed by atoms with van der Waals surface area (Å²) in [5.41, 5.74) is 0.711. The van der Waals surface area contributed by atoms with Crippen LogP contribution in [0.1, 0.15) is 6.92 Å². The normalized spacial score (nSPS) is 17.8. The standard InChI is InChI=1S/C18H21N5O3/c1-13(17(24)21-14-3-4-15-16(11-14)26-12-25-15)22-7-9-23(10-8-22)18-19-5-2-6-20-18/h2-6,11,13H,7-10,12H2,1H3,(H,21,24)/t13-/m1/s1. The monoisotopic (exact) mass is 355 g/mol. The number of hydrogen-bond acceptors (Lipinski definition) is 7. The second-order valence-electron chi connectivity index (χ2n) is 6.31. The number of amides is 1. The van der Waals surface area contributed by atoms with Gasteiger partial charge in [-0.3, -0.25) is 9.69 Å². The number of fused-ring (bicyclic) bond motifs is 1. The number of benzene rings is 1. The van der Waals surface area contributed by atoms with Gasteiger partial charge in [0.05, 0.1) is 6.04 Å². The first kappa shape index (κ1) is 16.6. The topological polar surface area (TPSA) is 79.8 Å². The summed E-state index contributed by atoms with van der Waals surface area (Å²) < 4.78 is 10.6. The maximum atomic E-state index is 12.6. The fourth-order valence-electron chi connectivity index (χ4n) is 3.15. The largest absolute Gasteiger partial charge is 0.454 e. The van der Waals surface area contributed by atoms with Gasteiger partial charge in [0, 0.05) is 50.3 Å². The van der Waals surface area contributed by atoms with E-state index in [1.807, 2.05) is 19.1 Å². The molecule has 1 N–H and O–H groups in total. The van der Waals surface area contributed by atoms with Gasteiger partial charge >= 0.3 is 0 Å². The molecule has 0 spiro atoms. The molecule has 26 heavy (non-hydrogen) atoms. The van der Waals surface area contributed by atoms with E-state index in [0.29, 0.717) is 17.2 Å². The molecule has 2 aromatic rings. The summed E-state index contributed by atoms with van der Waals surface area (Å²) in [4.78, 5) is 25.5. The summed E-state index contributed by atoms with van der Waals surface area (Å²) in [5, 5.41) is 2.96. The molecule has 1 amide bonds. The maximum absolute atomic E-state index is 12.6. The Labute approximate surface area is 151 Å². The first-order chi connectivity index (χ1) is 12.7. The van der Waals surface area contributed by atoms with Gasteiger partial charge in [0.15, 0.2) is 11.5 Å². The van der Waals surface area contributed by atoms with Crippen LogP contribution in [-0.2, 0) is 4.79 Å². The van der Waals surface area contributed by atoms with Crippen LogP contribution in [0.2, 0.25) is 0 Å². The van der Waals surface area contributed by atoms with E-state index in [1.54, 1.807) is 24.5 Å². The number of ether oxygens (including phenoxy) is 2. The molecule has 4 rings (SSSR count). The quantitative estimate of drug-likeness (QED) is 0.887. The minimum atomic E-state index is -0.223. The highest BCUT2D eigenvalue weighted by atomic mass is 16.7. The second-order valence-corrected chi connectivity index (χ2v) is 6.31. The zero-order chi connectivity index (χ0) is 17.9. The molecule has 1 atom stereocenters. The molecule has 136 valence electrons. The van der Waals surface area contributed by atoms with Crippen molar-refractivity contribution in [1.82, 2.24) is 14.9 Å². The number of anilines is 2. The van der Waals surface area contributed by atoms with Crippen LogP contribution in [0.4, 0.5) is 11.6 Å². The molecule has 0 aliphatic carbocycles. The number of aromatic nitrogens is 2. The van der Waals surface area contributed by atoms with Crippen LogP contribution in [0.5, 0.6) is 11.5 Å². The predicted octanol–water partition coefficient (Wildman–Crippen LogP) is 1.35. The molecule has 1 saturated heterocycles. The average molecular weight is 355 g/mol. The maximum Gasteiger partial charge on any atom is 0.241 e. The van der Waals surface area contributed by atoms with Crippen molar-refractivity contribution in [3.8, 4) is 11.5 Å². The molecule has 2 aliphatic heterocycles. The molecule has 0 radical (unpaired) electrons. The average Bonchev–Trinajstić information content (AvgIpc) is 3.16. The van der Waals surface area contributed by atoms with E-state index >= 15 is 0 Å². The third-order valence-electron chi connectivity index (χ3n) is 4.72. The fraction of sp³-hybridized carbons (Fsp3) is 0.389. The molecule has 1 aromatic heterocycles. The van der Waals surface area contributed by atoms with Crippen LogP contribution in [-0.4, -0.2) is 59.8 Å². The Morgan fingerprint density at radius 2 is 1.85 bits per heavy atom. The first-order valence-electron chi connectivity index (χ1n) is 8.67. The van der Waals surface area contributed by atoms with E-state index in [1.165, 1.54) is 0 Å². The number of nitrogens with one attached hydrogen (secondary N) is 1. The summed E-state index contributed by atoms with van der Waals surface area (Å²) in [6.45, 7) is 5.31. The van der Waals surface area contributed by atoms with Gasteiger partial charge in [-0.05, 0) is 25.1 Å². The summed E-state index contributed by atoms with van der Waals surface area (Å²) in [5.74, 6) is 2.07. The Kier molecular flexibility index (Phi) is 4.57. The summed E-state index contributed by atoms with van der Waals surface area (Å²) in [6, 6.07) is 7.00. The van der Waals surface area contributed by atoms with Gasteiger partial charge < -0.3 is 19.7 Å². The first-order valence-corrected chi connectivity index (χ1v) is 8.67. The van der Waals surface area contributed by atoms with Crippen molar-refractivity contribution in [1.29, 1.82) is 0 Å². The lowest BCUT2D eigenvalue weighted by molar-refractivity contribution is -0.120. The molecule has 2 aliphatic rings. The minimum Gasteiger partial charge on any atom is -0.454 e. The van der Waals surface area contributed by atoms with Crippen LogP contribution in [0, 0.1) is 0 Å². The number of rotatable bonds is 4. The lowest BCUT2D eigenvalue weighted by atomic mass is 10.2. The van der Waals surface area contributed by atoms with Gasteiger partial charge in [0.1, 0.15) is 0 Å². The van der Waals surface area contributed by atoms with Crippen molar-refractivity contribution in [3.63, 3.8) is 0 Å². The van der Waals surface area contributed by atoms with Crippen molar-refractivity contribution < 1.29 is 14.3 Å². The Bertz CT molecular complexity index is 778. The Balaban J connectivity index is 1.33. The van der Waals surface area contributed by atoms with Gasteiger partial charge in [0.2, 0.25) is 18.6 Å². The molecule has 0 saturated carbocycles. The highest BCUT2D eigenvalue weighted by Crippen LogP contribution is 2.34. The third-order valence-corrected chi connectivity index (χ3v) is 4.72. The minimum absolute atomic E-state index is 0.0340. The van der Waals surface area contributed by atoms with E-state index in [2.05, 4.69) is 25.1 Å². The zero-order valence-electron chi connectivity index (χ0n) is 14.6. The van der Waals surface area contributed by atoms with Crippen LogP contribution in [0.15, 0.2) is 36.7 Å². The molecular formula is C18H21N5O3. The van der Waals surface area contributed by atoms with E-state index in [0.717, 1.165) is 32.1 Å². The van der Waals surface area contributed by atoms with Crippen molar-refractivity contribution >= 4 is 17.5 Å². The molecule has 8 heteroatoms. The van der Waals surface area contributed by atoms with Gasteiger partial charge in [0.25, 0.3) is 0 Å². The Morgan fingerprint density at radius 1 is 1.12 bits per heavy atom. The Hall–Kier alpha value is -2.87. The zero-order valence-corrected chi connectivity index (χ0v) is 14.6. The van der Waals surface area contributed by atoms with E-state index in [-0.39, 0.29) is 18.7 Å². The van der Waals surface area contributed by atoms with Crippen LogP contribution < -0.4 is 19.7 Å². The molecule has 1 fully saturated rings. The highest BCUT2D eigenvalue weighted by molar-refractivity contribution is 5.94. The van der Waals surface area contributed by atoms with E-state index < -0.39 is 0 Å². The van der Waals surface area contributed by atoms with Gasteiger partial charge in [-0.15, -0.1) is 0 Å². The second kappa shape index (κ2) is 7.17. The number of carbonyl (C=O) groups is 1. The van der Waals surface area contributed by atoms with E-state index in [4.69, 9.17) is 9.47 Å². The summed E-state index contributed by atoms with van der Waals surface area (Å²) >= 11 is 0. The number of hydrogen-bond donors (Lipinski definition) is 1. The van der Waals surface area contributed by atoms with Gasteiger partial charge in [-0.2, -0.15) is 0 Å². The molecular weight excluding hydrogens is 334 g/mol. The Morgan fingerprint density at radius 3 is 2.62 bits per heavy atom. The SMILES string of the molecule is C[C@H](C(=O)Nc1ccc2c(c1)OCO2)N1CCN(c2ncccn2)CC1. The smallest absolute Gasteiger partial charge is 0.241 e. The summed E-state index contributed by atoms with van der Waals surface area (Å²) in [7, 11) is 0. The van der Waals surface area contributed by atoms with Crippen molar-refractivity contribution in [2.45, 2.75) is 13.0 Å². The molecule has 0 bridgehead atoms.